The smallest absolute Gasteiger partial charge is 0.256 e. The molecule has 0 aliphatic carbocycles. The molecule has 1 amide bonds. The second kappa shape index (κ2) is 9.15. The zero-order valence-corrected chi connectivity index (χ0v) is 19.4. The predicted molar refractivity (Wildman–Crippen MR) is 125 cm³/mol. The summed E-state index contributed by atoms with van der Waals surface area (Å²) < 4.78 is 32.7. The number of morpholine rings is 1. The second-order valence-electron chi connectivity index (χ2n) is 7.88. The molecule has 0 spiro atoms. The minimum Gasteiger partial charge on any atom is -0.379 e. The lowest BCUT2D eigenvalue weighted by Gasteiger charge is -2.26. The van der Waals surface area contributed by atoms with Gasteiger partial charge in [-0.2, -0.15) is 4.31 Å². The lowest BCUT2D eigenvalue weighted by Crippen LogP contribution is -2.40. The minimum atomic E-state index is -3.81. The Labute approximate surface area is 192 Å². The summed E-state index contributed by atoms with van der Waals surface area (Å²) in [5.74, 6) is -0.200. The van der Waals surface area contributed by atoms with Crippen LogP contribution in [0.25, 0.3) is 10.9 Å². The average molecular weight is 474 g/mol. The van der Waals surface area contributed by atoms with Gasteiger partial charge < -0.3 is 10.1 Å². The van der Waals surface area contributed by atoms with E-state index < -0.39 is 10.0 Å². The molecular formula is C23H24ClN3O4S. The summed E-state index contributed by atoms with van der Waals surface area (Å²) >= 11 is 6.23. The summed E-state index contributed by atoms with van der Waals surface area (Å²) in [6.07, 6.45) is 0. The van der Waals surface area contributed by atoms with Crippen LogP contribution in [0, 0.1) is 0 Å². The third-order valence-electron chi connectivity index (χ3n) is 5.35. The third kappa shape index (κ3) is 4.49. The molecule has 1 N–H and O–H groups in total. The van der Waals surface area contributed by atoms with Crippen molar-refractivity contribution in [3.8, 4) is 0 Å². The molecular weight excluding hydrogens is 450 g/mol. The van der Waals surface area contributed by atoms with E-state index in [4.69, 9.17) is 16.3 Å². The highest BCUT2D eigenvalue weighted by Gasteiger charge is 2.29. The largest absolute Gasteiger partial charge is 0.379 e. The van der Waals surface area contributed by atoms with Crippen molar-refractivity contribution in [3.63, 3.8) is 0 Å². The zero-order valence-electron chi connectivity index (χ0n) is 17.8. The van der Waals surface area contributed by atoms with E-state index in [9.17, 15) is 13.2 Å². The standard InChI is InChI=1S/C23H24ClN3O4S/c1-15(2)21-14-18(17-5-3-4-6-20(17)26-21)23(28)25-16-7-8-19(24)22(13-16)32(29,30)27-9-11-31-12-10-27/h3-8,13-15H,9-12H2,1-2H3,(H,25,28). The van der Waals surface area contributed by atoms with Crippen LogP contribution >= 0.6 is 11.6 Å². The summed E-state index contributed by atoms with van der Waals surface area (Å²) in [5.41, 5.74) is 2.36. The van der Waals surface area contributed by atoms with E-state index >= 15 is 0 Å². The number of para-hydroxylation sites is 1. The van der Waals surface area contributed by atoms with Crippen molar-refractivity contribution in [1.29, 1.82) is 0 Å². The first-order chi connectivity index (χ1) is 15.3. The summed E-state index contributed by atoms with van der Waals surface area (Å²) in [4.78, 5) is 17.8. The highest BCUT2D eigenvalue weighted by molar-refractivity contribution is 7.89. The number of nitrogens with one attached hydrogen (secondary N) is 1. The molecule has 1 aromatic heterocycles. The van der Waals surface area contributed by atoms with E-state index in [1.807, 2.05) is 38.1 Å². The highest BCUT2D eigenvalue weighted by atomic mass is 35.5. The van der Waals surface area contributed by atoms with Crippen LogP contribution in [0.4, 0.5) is 5.69 Å². The number of fused-ring (bicyclic) bond motifs is 1. The molecule has 0 radical (unpaired) electrons. The van der Waals surface area contributed by atoms with Gasteiger partial charge in [-0.15, -0.1) is 0 Å². The Bertz CT molecular complexity index is 1270. The number of benzene rings is 2. The summed E-state index contributed by atoms with van der Waals surface area (Å²) in [6.45, 7) is 5.22. The van der Waals surface area contributed by atoms with E-state index in [0.717, 1.165) is 16.6 Å². The van der Waals surface area contributed by atoms with Crippen LogP contribution in [0.5, 0.6) is 0 Å². The highest BCUT2D eigenvalue weighted by Crippen LogP contribution is 2.29. The van der Waals surface area contributed by atoms with Gasteiger partial charge in [0.15, 0.2) is 0 Å². The van der Waals surface area contributed by atoms with Gasteiger partial charge in [0.2, 0.25) is 10.0 Å². The van der Waals surface area contributed by atoms with Gasteiger partial charge in [-0.05, 0) is 36.2 Å². The first kappa shape index (κ1) is 22.7. The van der Waals surface area contributed by atoms with Gasteiger partial charge in [0.25, 0.3) is 5.91 Å². The molecule has 0 unspecified atom stereocenters. The molecule has 3 aromatic rings. The van der Waals surface area contributed by atoms with E-state index in [2.05, 4.69) is 10.3 Å². The molecule has 4 rings (SSSR count). The number of anilines is 1. The van der Waals surface area contributed by atoms with Crippen LogP contribution < -0.4 is 5.32 Å². The number of pyridine rings is 1. The van der Waals surface area contributed by atoms with Crippen LogP contribution in [0.1, 0.15) is 35.8 Å². The molecule has 1 saturated heterocycles. The molecule has 0 bridgehead atoms. The van der Waals surface area contributed by atoms with Crippen molar-refractivity contribution in [2.45, 2.75) is 24.7 Å². The number of carbonyl (C=O) groups is 1. The molecule has 9 heteroatoms. The quantitative estimate of drug-likeness (QED) is 0.597. The second-order valence-corrected chi connectivity index (χ2v) is 10.2. The molecule has 1 aliphatic heterocycles. The fourth-order valence-electron chi connectivity index (χ4n) is 3.58. The number of rotatable bonds is 5. The number of hydrogen-bond acceptors (Lipinski definition) is 5. The van der Waals surface area contributed by atoms with Gasteiger partial charge in [-0.3, -0.25) is 9.78 Å². The number of nitrogens with zero attached hydrogens (tertiary/aromatic N) is 2. The van der Waals surface area contributed by atoms with Crippen LogP contribution in [0.2, 0.25) is 5.02 Å². The fourth-order valence-corrected chi connectivity index (χ4v) is 5.49. The third-order valence-corrected chi connectivity index (χ3v) is 7.73. The molecule has 1 aliphatic rings. The van der Waals surface area contributed by atoms with E-state index in [-0.39, 0.29) is 34.8 Å². The van der Waals surface area contributed by atoms with Crippen molar-refractivity contribution < 1.29 is 17.9 Å². The first-order valence-electron chi connectivity index (χ1n) is 10.4. The fraction of sp³-hybridized carbons (Fsp3) is 0.304. The van der Waals surface area contributed by atoms with E-state index in [0.29, 0.717) is 24.5 Å². The Morgan fingerprint density at radius 1 is 1.12 bits per heavy atom. The maximum Gasteiger partial charge on any atom is 0.256 e. The molecule has 2 aromatic carbocycles. The molecule has 0 saturated carbocycles. The predicted octanol–water partition coefficient (Wildman–Crippen LogP) is 4.28. The van der Waals surface area contributed by atoms with Crippen molar-refractivity contribution in [3.05, 3.63) is 64.8 Å². The average Bonchev–Trinajstić information content (AvgIpc) is 2.80. The Morgan fingerprint density at radius 2 is 1.84 bits per heavy atom. The van der Waals surface area contributed by atoms with E-state index in [1.165, 1.54) is 16.4 Å². The van der Waals surface area contributed by atoms with Gasteiger partial charge in [-0.25, -0.2) is 8.42 Å². The van der Waals surface area contributed by atoms with Gasteiger partial charge in [-0.1, -0.05) is 43.6 Å². The number of hydrogen-bond donors (Lipinski definition) is 1. The number of ether oxygens (including phenoxy) is 1. The van der Waals surface area contributed by atoms with Crippen LogP contribution in [-0.2, 0) is 14.8 Å². The molecule has 168 valence electrons. The summed E-state index contributed by atoms with van der Waals surface area (Å²) in [5, 5.41) is 3.66. The summed E-state index contributed by atoms with van der Waals surface area (Å²) in [6, 6.07) is 13.7. The topological polar surface area (TPSA) is 88.6 Å². The van der Waals surface area contributed by atoms with E-state index in [1.54, 1.807) is 12.1 Å². The lowest BCUT2D eigenvalue weighted by atomic mass is 10.0. The maximum absolute atomic E-state index is 13.2. The summed E-state index contributed by atoms with van der Waals surface area (Å²) in [7, 11) is -3.81. The van der Waals surface area contributed by atoms with Gasteiger partial charge >= 0.3 is 0 Å². The first-order valence-corrected chi connectivity index (χ1v) is 12.2. The molecule has 1 fully saturated rings. The Morgan fingerprint density at radius 3 is 2.56 bits per heavy atom. The van der Waals surface area contributed by atoms with Crippen molar-refractivity contribution in [1.82, 2.24) is 9.29 Å². The molecule has 32 heavy (non-hydrogen) atoms. The van der Waals surface area contributed by atoms with Crippen molar-refractivity contribution in [2.24, 2.45) is 0 Å². The monoisotopic (exact) mass is 473 g/mol. The minimum absolute atomic E-state index is 0.0404. The number of aromatic nitrogens is 1. The van der Waals surface area contributed by atoms with Gasteiger partial charge in [0.1, 0.15) is 4.90 Å². The number of sulfonamides is 1. The number of amides is 1. The van der Waals surface area contributed by atoms with Crippen molar-refractivity contribution >= 4 is 44.1 Å². The zero-order chi connectivity index (χ0) is 22.9. The molecule has 0 atom stereocenters. The van der Waals surface area contributed by atoms with Crippen molar-refractivity contribution in [2.75, 3.05) is 31.6 Å². The Hall–Kier alpha value is -2.52. The lowest BCUT2D eigenvalue weighted by molar-refractivity contribution is 0.0730. The Balaban J connectivity index is 1.68. The van der Waals surface area contributed by atoms with Gasteiger partial charge in [0, 0.05) is 29.9 Å². The maximum atomic E-state index is 13.2. The van der Waals surface area contributed by atoms with Crippen LogP contribution in [0.15, 0.2) is 53.4 Å². The molecule has 7 nitrogen and oxygen atoms in total. The number of halogens is 1. The SMILES string of the molecule is CC(C)c1cc(C(=O)Nc2ccc(Cl)c(S(=O)(=O)N3CCOCC3)c2)c2ccccc2n1. The number of carbonyl (C=O) groups excluding carboxylic acids is 1. The molecule has 2 heterocycles. The van der Waals surface area contributed by atoms with Crippen LogP contribution in [-0.4, -0.2) is 49.9 Å². The van der Waals surface area contributed by atoms with Gasteiger partial charge in [0.05, 0.1) is 29.3 Å². The normalized spacial score (nSPS) is 15.2. The van der Waals surface area contributed by atoms with Crippen LogP contribution in [0.3, 0.4) is 0 Å². The Kier molecular flexibility index (Phi) is 6.48.